The van der Waals surface area contributed by atoms with E-state index in [2.05, 4.69) is 17.2 Å². The zero-order chi connectivity index (χ0) is 27.8. The van der Waals surface area contributed by atoms with Crippen LogP contribution >= 0.6 is 0 Å². The number of nitrogens with one attached hydrogen (secondary N) is 1. The Balaban J connectivity index is 0.000000494. The van der Waals surface area contributed by atoms with Crippen LogP contribution in [-0.4, -0.2) is 56.5 Å². The summed E-state index contributed by atoms with van der Waals surface area (Å²) in [4.78, 5) is 6.04. The summed E-state index contributed by atoms with van der Waals surface area (Å²) >= 11 is 0. The molecule has 0 atom stereocenters. The van der Waals surface area contributed by atoms with Crippen molar-refractivity contribution in [2.24, 2.45) is 5.92 Å². The zero-order valence-corrected chi connectivity index (χ0v) is 22.8. The first-order valence-electron chi connectivity index (χ1n) is 13.0. The summed E-state index contributed by atoms with van der Waals surface area (Å²) in [7, 11) is -3.76. The standard InChI is InChI=1S/C19H24F3N5O3S.C7H14/c1-24-7-10-30-18-4-2-3-17-16(18)13-27(31(28,29)19(20,21)22)9-8-26(17)12-15-11-14(23)5-6-25-15;1-2-7-5-3-4-6-7/h2-6,11,24H,7-10,12-13H2,1H3,(H2,23,25);7H,2-6H2,1H3. The highest BCUT2D eigenvalue weighted by atomic mass is 32.2. The molecular formula is C26H38F3N5O3S. The Morgan fingerprint density at radius 3 is 2.53 bits per heavy atom. The van der Waals surface area contributed by atoms with E-state index in [0.717, 1.165) is 5.92 Å². The van der Waals surface area contributed by atoms with Crippen LogP contribution in [0.3, 0.4) is 0 Å². The van der Waals surface area contributed by atoms with E-state index in [1.807, 2.05) is 0 Å². The third-order valence-corrected chi connectivity index (χ3v) is 8.47. The quantitative estimate of drug-likeness (QED) is 0.461. The summed E-state index contributed by atoms with van der Waals surface area (Å²) in [6, 6.07) is 8.37. The van der Waals surface area contributed by atoms with E-state index in [1.165, 1.54) is 32.1 Å². The fourth-order valence-corrected chi connectivity index (χ4v) is 5.64. The molecule has 0 spiro atoms. The number of ether oxygens (including phenoxy) is 1. The van der Waals surface area contributed by atoms with Crippen molar-refractivity contribution < 1.29 is 26.3 Å². The molecule has 0 amide bonds. The van der Waals surface area contributed by atoms with Gasteiger partial charge >= 0.3 is 15.5 Å². The van der Waals surface area contributed by atoms with Crippen LogP contribution in [0.1, 0.15) is 50.3 Å². The summed E-state index contributed by atoms with van der Waals surface area (Å²) in [6.07, 6.45) is 8.98. The van der Waals surface area contributed by atoms with Crippen LogP contribution < -0.4 is 20.7 Å². The molecular weight excluding hydrogens is 519 g/mol. The lowest BCUT2D eigenvalue weighted by atomic mass is 10.1. The van der Waals surface area contributed by atoms with Gasteiger partial charge in [-0.25, -0.2) is 8.42 Å². The third-order valence-electron chi connectivity index (χ3n) is 6.89. The average Bonchev–Trinajstić information content (AvgIpc) is 3.33. The minimum Gasteiger partial charge on any atom is -0.492 e. The number of nitrogen functional groups attached to an aromatic ring is 1. The molecule has 0 bridgehead atoms. The number of nitrogens with zero attached hydrogens (tertiary/aromatic N) is 3. The van der Waals surface area contributed by atoms with Crippen LogP contribution in [0.4, 0.5) is 24.5 Å². The van der Waals surface area contributed by atoms with Gasteiger partial charge in [0.15, 0.2) is 0 Å². The lowest BCUT2D eigenvalue weighted by Crippen LogP contribution is -2.42. The molecule has 12 heteroatoms. The van der Waals surface area contributed by atoms with Crippen molar-refractivity contribution in [2.75, 3.05) is 43.9 Å². The highest BCUT2D eigenvalue weighted by Crippen LogP contribution is 2.37. The average molecular weight is 558 g/mol. The number of hydrogen-bond donors (Lipinski definition) is 2. The number of rotatable bonds is 8. The summed E-state index contributed by atoms with van der Waals surface area (Å²) in [5, 5.41) is 2.92. The SMILES string of the molecule is CCC1CCCC1.CNCCOc1cccc2c1CN(S(=O)(=O)C(F)(F)F)CCN2Cc1cc(N)ccn1. The molecule has 1 fully saturated rings. The highest BCUT2D eigenvalue weighted by Gasteiger charge is 2.50. The van der Waals surface area contributed by atoms with Gasteiger partial charge in [-0.15, -0.1) is 0 Å². The molecule has 0 unspecified atom stereocenters. The molecule has 38 heavy (non-hydrogen) atoms. The highest BCUT2D eigenvalue weighted by molar-refractivity contribution is 7.89. The van der Waals surface area contributed by atoms with Gasteiger partial charge in [0.1, 0.15) is 12.4 Å². The first-order valence-corrected chi connectivity index (χ1v) is 14.4. The number of nitrogens with two attached hydrogens (primary N) is 1. The van der Waals surface area contributed by atoms with Gasteiger partial charge in [-0.1, -0.05) is 45.1 Å². The van der Waals surface area contributed by atoms with Gasteiger partial charge in [0.25, 0.3) is 0 Å². The number of halogens is 3. The fourth-order valence-electron chi connectivity index (χ4n) is 4.73. The summed E-state index contributed by atoms with van der Waals surface area (Å²) < 4.78 is 70.3. The molecule has 1 aromatic heterocycles. The Labute approximate surface area is 223 Å². The number of anilines is 2. The van der Waals surface area contributed by atoms with Crippen molar-refractivity contribution in [1.29, 1.82) is 0 Å². The zero-order valence-electron chi connectivity index (χ0n) is 22.0. The molecule has 3 N–H and O–H groups in total. The largest absolute Gasteiger partial charge is 0.511 e. The molecule has 1 aliphatic heterocycles. The van der Waals surface area contributed by atoms with E-state index < -0.39 is 22.1 Å². The molecule has 4 rings (SSSR count). The number of benzene rings is 1. The van der Waals surface area contributed by atoms with Gasteiger partial charge in [0.2, 0.25) is 0 Å². The van der Waals surface area contributed by atoms with Gasteiger partial charge < -0.3 is 20.7 Å². The second-order valence-corrected chi connectivity index (χ2v) is 11.5. The van der Waals surface area contributed by atoms with Crippen LogP contribution in [0.5, 0.6) is 5.75 Å². The summed E-state index contributed by atoms with van der Waals surface area (Å²) in [5.74, 6) is 1.43. The van der Waals surface area contributed by atoms with Crippen LogP contribution in [0.25, 0.3) is 0 Å². The number of aromatic nitrogens is 1. The Hall–Kier alpha value is -2.57. The van der Waals surface area contributed by atoms with Crippen LogP contribution in [-0.2, 0) is 23.1 Å². The molecule has 1 aromatic carbocycles. The van der Waals surface area contributed by atoms with Crippen molar-refractivity contribution in [1.82, 2.24) is 14.6 Å². The molecule has 212 valence electrons. The van der Waals surface area contributed by atoms with Gasteiger partial charge in [-0.2, -0.15) is 17.5 Å². The van der Waals surface area contributed by atoms with E-state index in [9.17, 15) is 21.6 Å². The van der Waals surface area contributed by atoms with E-state index in [4.69, 9.17) is 10.5 Å². The maximum Gasteiger partial charge on any atom is 0.511 e. The van der Waals surface area contributed by atoms with Crippen molar-refractivity contribution in [2.45, 2.75) is 57.6 Å². The lowest BCUT2D eigenvalue weighted by molar-refractivity contribution is -0.0490. The Morgan fingerprint density at radius 1 is 1.18 bits per heavy atom. The van der Waals surface area contributed by atoms with Gasteiger partial charge in [0.05, 0.1) is 12.2 Å². The smallest absolute Gasteiger partial charge is 0.492 e. The molecule has 1 saturated carbocycles. The number of hydrogen-bond acceptors (Lipinski definition) is 7. The summed E-state index contributed by atoms with van der Waals surface area (Å²) in [5.41, 5.74) is 2.50. The predicted octanol–water partition coefficient (Wildman–Crippen LogP) is 4.52. The van der Waals surface area contributed by atoms with Gasteiger partial charge in [-0.3, -0.25) is 4.98 Å². The van der Waals surface area contributed by atoms with Gasteiger partial charge in [0, 0.05) is 49.3 Å². The van der Waals surface area contributed by atoms with Gasteiger partial charge in [-0.05, 0) is 37.2 Å². The second kappa shape index (κ2) is 13.5. The first kappa shape index (κ1) is 30.0. The van der Waals surface area contributed by atoms with E-state index in [-0.39, 0.29) is 26.2 Å². The monoisotopic (exact) mass is 557 g/mol. The molecule has 2 aromatic rings. The molecule has 0 saturated heterocycles. The number of pyridine rings is 1. The third kappa shape index (κ3) is 7.73. The predicted molar refractivity (Wildman–Crippen MR) is 143 cm³/mol. The molecule has 2 aliphatic rings. The Kier molecular flexibility index (Phi) is 10.6. The molecule has 0 radical (unpaired) electrons. The van der Waals surface area contributed by atoms with E-state index in [1.54, 1.807) is 48.5 Å². The van der Waals surface area contributed by atoms with Crippen molar-refractivity contribution in [3.63, 3.8) is 0 Å². The molecule has 8 nitrogen and oxygen atoms in total. The van der Waals surface area contributed by atoms with E-state index in [0.29, 0.717) is 39.2 Å². The van der Waals surface area contributed by atoms with E-state index >= 15 is 0 Å². The normalized spacial score (nSPS) is 16.9. The minimum atomic E-state index is -5.51. The van der Waals surface area contributed by atoms with Crippen molar-refractivity contribution >= 4 is 21.4 Å². The first-order chi connectivity index (χ1) is 18.1. The summed E-state index contributed by atoms with van der Waals surface area (Å²) in [6.45, 7) is 2.59. The van der Waals surface area contributed by atoms with Crippen molar-refractivity contribution in [3.05, 3.63) is 47.8 Å². The Morgan fingerprint density at radius 2 is 1.92 bits per heavy atom. The number of likely N-dealkylation sites (N-methyl/N-ethyl adjacent to an activating group) is 1. The number of fused-ring (bicyclic) bond motifs is 1. The van der Waals surface area contributed by atoms with Crippen LogP contribution in [0, 0.1) is 5.92 Å². The lowest BCUT2D eigenvalue weighted by Gasteiger charge is -2.25. The topological polar surface area (TPSA) is 101 Å². The van der Waals surface area contributed by atoms with Crippen LogP contribution in [0.2, 0.25) is 0 Å². The molecule has 2 heterocycles. The Bertz CT molecular complexity index is 1140. The number of alkyl halides is 3. The van der Waals surface area contributed by atoms with Crippen LogP contribution in [0.15, 0.2) is 36.5 Å². The minimum absolute atomic E-state index is 0.0404. The molecule has 1 aliphatic carbocycles. The fraction of sp³-hybridized carbons (Fsp3) is 0.577. The second-order valence-electron chi connectivity index (χ2n) is 9.55. The number of sulfonamides is 1. The maximum absolute atomic E-state index is 13.3. The maximum atomic E-state index is 13.3. The van der Waals surface area contributed by atoms with Crippen molar-refractivity contribution in [3.8, 4) is 5.75 Å².